The summed E-state index contributed by atoms with van der Waals surface area (Å²) < 4.78 is 0. The number of nitrogens with zero attached hydrogens (tertiary/aromatic N) is 1. The molecule has 1 saturated heterocycles. The van der Waals surface area contributed by atoms with Crippen LogP contribution in [0.1, 0.15) is 52.4 Å². The fraction of sp³-hybridized carbons (Fsp3) is 0.923. The van der Waals surface area contributed by atoms with E-state index in [0.29, 0.717) is 5.91 Å². The van der Waals surface area contributed by atoms with E-state index in [2.05, 4.69) is 19.2 Å². The predicted molar refractivity (Wildman–Crippen MR) is 67.4 cm³/mol. The van der Waals surface area contributed by atoms with Gasteiger partial charge in [0.15, 0.2) is 0 Å². The summed E-state index contributed by atoms with van der Waals surface area (Å²) in [4.78, 5) is 14.0. The van der Waals surface area contributed by atoms with E-state index >= 15 is 0 Å². The lowest BCUT2D eigenvalue weighted by Gasteiger charge is -2.32. The average Bonchev–Trinajstić information content (AvgIpc) is 2.31. The minimum absolute atomic E-state index is 0.0735. The van der Waals surface area contributed by atoms with Crippen LogP contribution in [0.15, 0.2) is 0 Å². The Morgan fingerprint density at radius 3 is 2.69 bits per heavy atom. The normalized spacial score (nSPS) is 21.5. The van der Waals surface area contributed by atoms with Crippen molar-refractivity contribution in [2.45, 2.75) is 58.4 Å². The molecule has 1 atom stereocenters. The average molecular weight is 226 g/mol. The summed E-state index contributed by atoms with van der Waals surface area (Å²) in [6, 6.07) is 0.0735. The first kappa shape index (κ1) is 13.5. The molecule has 1 N–H and O–H groups in total. The van der Waals surface area contributed by atoms with Gasteiger partial charge in [-0.15, -0.1) is 0 Å². The first-order valence-corrected chi connectivity index (χ1v) is 6.81. The summed E-state index contributed by atoms with van der Waals surface area (Å²) in [5, 5.41) is 3.27. The smallest absolute Gasteiger partial charge is 0.239 e. The lowest BCUT2D eigenvalue weighted by atomic mass is 10.1. The van der Waals surface area contributed by atoms with Gasteiger partial charge in [0.1, 0.15) is 0 Å². The molecule has 3 nitrogen and oxygen atoms in total. The van der Waals surface area contributed by atoms with Crippen molar-refractivity contribution < 1.29 is 4.79 Å². The van der Waals surface area contributed by atoms with Gasteiger partial charge in [-0.25, -0.2) is 0 Å². The maximum atomic E-state index is 11.9. The van der Waals surface area contributed by atoms with Gasteiger partial charge in [-0.3, -0.25) is 4.79 Å². The number of carbonyl (C=O) groups excluding carboxylic acids is 1. The van der Waals surface area contributed by atoms with Crippen LogP contribution < -0.4 is 5.32 Å². The van der Waals surface area contributed by atoms with Gasteiger partial charge in [0.05, 0.1) is 6.04 Å². The van der Waals surface area contributed by atoms with Crippen molar-refractivity contribution in [2.75, 3.05) is 19.6 Å². The lowest BCUT2D eigenvalue weighted by molar-refractivity contribution is -0.135. The Balaban J connectivity index is 2.17. The Hall–Kier alpha value is -0.570. The van der Waals surface area contributed by atoms with E-state index in [1.807, 2.05) is 4.90 Å². The molecule has 1 aliphatic rings. The van der Waals surface area contributed by atoms with Crippen LogP contribution in [0.5, 0.6) is 0 Å². The Kier molecular flexibility index (Phi) is 6.46. The number of hydrogen-bond acceptors (Lipinski definition) is 2. The molecule has 0 aromatic carbocycles. The van der Waals surface area contributed by atoms with Crippen LogP contribution in [0.25, 0.3) is 0 Å². The summed E-state index contributed by atoms with van der Waals surface area (Å²) in [6.07, 6.45) is 7.26. The number of amides is 1. The van der Waals surface area contributed by atoms with E-state index in [9.17, 15) is 4.79 Å². The molecule has 0 radical (unpaired) electrons. The first-order chi connectivity index (χ1) is 7.79. The van der Waals surface area contributed by atoms with Gasteiger partial charge in [0, 0.05) is 19.6 Å². The Morgan fingerprint density at radius 2 is 2.00 bits per heavy atom. The van der Waals surface area contributed by atoms with Gasteiger partial charge in [0.2, 0.25) is 5.91 Å². The molecule has 0 aromatic heterocycles. The zero-order chi connectivity index (χ0) is 11.8. The molecule has 0 spiro atoms. The predicted octanol–water partition coefficient (Wildman–Crippen LogP) is 2.17. The number of unbranched alkanes of at least 4 members (excludes halogenated alkanes) is 4. The molecule has 94 valence electrons. The highest BCUT2D eigenvalue weighted by Crippen LogP contribution is 2.08. The molecular formula is C13H26N2O. The first-order valence-electron chi connectivity index (χ1n) is 6.81. The summed E-state index contributed by atoms with van der Waals surface area (Å²) >= 11 is 0. The van der Waals surface area contributed by atoms with Crippen LogP contribution in [-0.2, 0) is 4.79 Å². The second kappa shape index (κ2) is 7.66. The van der Waals surface area contributed by atoms with E-state index in [4.69, 9.17) is 0 Å². The van der Waals surface area contributed by atoms with Gasteiger partial charge in [0.25, 0.3) is 0 Å². The number of nitrogens with one attached hydrogen (secondary N) is 1. The number of rotatable bonds is 7. The molecular weight excluding hydrogens is 200 g/mol. The van der Waals surface area contributed by atoms with Crippen LogP contribution >= 0.6 is 0 Å². The van der Waals surface area contributed by atoms with Crippen molar-refractivity contribution in [3.8, 4) is 0 Å². The highest BCUT2D eigenvalue weighted by Gasteiger charge is 2.25. The zero-order valence-electron chi connectivity index (χ0n) is 10.8. The van der Waals surface area contributed by atoms with Crippen LogP contribution in [0.3, 0.4) is 0 Å². The lowest BCUT2D eigenvalue weighted by Crippen LogP contribution is -2.54. The van der Waals surface area contributed by atoms with Crippen molar-refractivity contribution in [3.05, 3.63) is 0 Å². The summed E-state index contributed by atoms with van der Waals surface area (Å²) in [7, 11) is 0. The molecule has 3 heteroatoms. The molecule has 1 unspecified atom stereocenters. The third-order valence-corrected chi connectivity index (χ3v) is 3.32. The van der Waals surface area contributed by atoms with Gasteiger partial charge >= 0.3 is 0 Å². The van der Waals surface area contributed by atoms with Gasteiger partial charge < -0.3 is 10.2 Å². The van der Waals surface area contributed by atoms with E-state index in [0.717, 1.165) is 26.1 Å². The topological polar surface area (TPSA) is 32.3 Å². The molecule has 0 aromatic rings. The van der Waals surface area contributed by atoms with Gasteiger partial charge in [-0.1, -0.05) is 39.5 Å². The quantitative estimate of drug-likeness (QED) is 0.675. The minimum atomic E-state index is 0.0735. The molecule has 0 aliphatic carbocycles. The van der Waals surface area contributed by atoms with Crippen LogP contribution in [0.4, 0.5) is 0 Å². The number of carbonyl (C=O) groups is 1. The Labute approximate surface area is 99.6 Å². The Bertz CT molecular complexity index is 206. The second-order valence-corrected chi connectivity index (χ2v) is 4.65. The molecule has 0 bridgehead atoms. The number of piperazine rings is 1. The van der Waals surface area contributed by atoms with Crippen LogP contribution in [0, 0.1) is 0 Å². The third kappa shape index (κ3) is 4.12. The van der Waals surface area contributed by atoms with E-state index < -0.39 is 0 Å². The molecule has 1 amide bonds. The highest BCUT2D eigenvalue weighted by atomic mass is 16.2. The van der Waals surface area contributed by atoms with Crippen molar-refractivity contribution in [2.24, 2.45) is 0 Å². The van der Waals surface area contributed by atoms with E-state index in [-0.39, 0.29) is 6.04 Å². The van der Waals surface area contributed by atoms with E-state index in [1.165, 1.54) is 32.1 Å². The van der Waals surface area contributed by atoms with Crippen LogP contribution in [-0.4, -0.2) is 36.5 Å². The molecule has 0 saturated carbocycles. The van der Waals surface area contributed by atoms with Crippen LogP contribution in [0.2, 0.25) is 0 Å². The van der Waals surface area contributed by atoms with Gasteiger partial charge in [-0.2, -0.15) is 0 Å². The largest absolute Gasteiger partial charge is 0.340 e. The van der Waals surface area contributed by atoms with E-state index in [1.54, 1.807) is 0 Å². The highest BCUT2D eigenvalue weighted by molar-refractivity contribution is 5.82. The fourth-order valence-corrected chi connectivity index (χ4v) is 2.24. The molecule has 1 aliphatic heterocycles. The van der Waals surface area contributed by atoms with Crippen molar-refractivity contribution in [1.82, 2.24) is 10.2 Å². The summed E-state index contributed by atoms with van der Waals surface area (Å²) in [6.45, 7) is 7.11. The number of hydrogen-bond donors (Lipinski definition) is 1. The maximum Gasteiger partial charge on any atom is 0.239 e. The molecule has 1 fully saturated rings. The molecule has 1 rings (SSSR count). The molecule has 16 heavy (non-hydrogen) atoms. The third-order valence-electron chi connectivity index (χ3n) is 3.32. The van der Waals surface area contributed by atoms with Crippen molar-refractivity contribution in [1.29, 1.82) is 0 Å². The maximum absolute atomic E-state index is 11.9. The molecule has 1 heterocycles. The second-order valence-electron chi connectivity index (χ2n) is 4.65. The fourth-order valence-electron chi connectivity index (χ4n) is 2.24. The SMILES string of the molecule is CCCCCCCN1CCNC(CC)C1=O. The standard InChI is InChI=1S/C13H26N2O/c1-3-5-6-7-8-10-15-11-9-14-12(4-2)13(15)16/h12,14H,3-11H2,1-2H3. The van der Waals surface area contributed by atoms with Gasteiger partial charge in [-0.05, 0) is 12.8 Å². The van der Waals surface area contributed by atoms with Crippen molar-refractivity contribution in [3.63, 3.8) is 0 Å². The summed E-state index contributed by atoms with van der Waals surface area (Å²) in [5.41, 5.74) is 0. The minimum Gasteiger partial charge on any atom is -0.340 e. The zero-order valence-corrected chi connectivity index (χ0v) is 10.8. The Morgan fingerprint density at radius 1 is 1.25 bits per heavy atom. The van der Waals surface area contributed by atoms with Crippen molar-refractivity contribution >= 4 is 5.91 Å². The monoisotopic (exact) mass is 226 g/mol. The summed E-state index contributed by atoms with van der Waals surface area (Å²) in [5.74, 6) is 0.309.